The van der Waals surface area contributed by atoms with Gasteiger partial charge in [-0.05, 0) is 80.3 Å². The number of carbonyl (C=O) groups excluding carboxylic acids is 2. The van der Waals surface area contributed by atoms with Gasteiger partial charge in [0.25, 0.3) is 5.91 Å². The Kier molecular flexibility index (Phi) is 9.95. The molecule has 0 heterocycles. The second-order valence-corrected chi connectivity index (χ2v) is 11.2. The highest BCUT2D eigenvalue weighted by molar-refractivity contribution is 5.98. The van der Waals surface area contributed by atoms with Gasteiger partial charge >= 0.3 is 5.97 Å². The molecular formula is C31H45NO5. The summed E-state index contributed by atoms with van der Waals surface area (Å²) in [5.74, 6) is -0.0169. The predicted molar refractivity (Wildman–Crippen MR) is 148 cm³/mol. The largest absolute Gasteiger partial charge is 0.488 e. The van der Waals surface area contributed by atoms with Crippen LogP contribution < -0.4 is 10.1 Å². The molecule has 1 amide bonds. The van der Waals surface area contributed by atoms with E-state index in [1.165, 1.54) is 12.7 Å². The summed E-state index contributed by atoms with van der Waals surface area (Å²) in [7, 11) is 1.30. The zero-order valence-electron chi connectivity index (χ0n) is 24.2. The fraction of sp³-hybridized carbons (Fsp3) is 0.548. The molecule has 0 aromatic heterocycles. The van der Waals surface area contributed by atoms with Gasteiger partial charge in [-0.25, -0.2) is 4.79 Å². The van der Waals surface area contributed by atoms with E-state index in [2.05, 4.69) is 37.4 Å². The molecule has 2 aromatic carbocycles. The van der Waals surface area contributed by atoms with Gasteiger partial charge in [-0.1, -0.05) is 58.9 Å². The van der Waals surface area contributed by atoms with Gasteiger partial charge in [0.05, 0.1) is 13.2 Å². The van der Waals surface area contributed by atoms with Crippen molar-refractivity contribution in [3.05, 3.63) is 64.2 Å². The lowest BCUT2D eigenvalue weighted by Gasteiger charge is -2.35. The number of aliphatic hydroxyl groups is 1. The van der Waals surface area contributed by atoms with E-state index < -0.39 is 18.1 Å². The van der Waals surface area contributed by atoms with Crippen LogP contribution in [0.1, 0.15) is 93.9 Å². The highest BCUT2D eigenvalue weighted by atomic mass is 16.5. The number of nitrogens with one attached hydrogen (secondary N) is 1. The fourth-order valence-electron chi connectivity index (χ4n) is 5.01. The molecule has 0 bridgehead atoms. The number of carbonyl (C=O) groups is 2. The molecule has 3 atom stereocenters. The maximum atomic E-state index is 12.8. The summed E-state index contributed by atoms with van der Waals surface area (Å²) >= 11 is 0. The number of rotatable bonds is 10. The predicted octanol–water partition coefficient (Wildman–Crippen LogP) is 5.88. The molecular weight excluding hydrogens is 466 g/mol. The van der Waals surface area contributed by atoms with Crippen LogP contribution in [0.2, 0.25) is 0 Å². The second kappa shape index (κ2) is 12.1. The summed E-state index contributed by atoms with van der Waals surface area (Å²) in [5, 5.41) is 13.3. The topological polar surface area (TPSA) is 84.9 Å². The smallest absolute Gasteiger partial charge is 0.328 e. The standard InChI is InChI=1S/C31H45NO5/c1-11-31(12-2,23-13-15-25(19(3)17-23)28(34)32-21(5)29(35)36-10)24-14-16-26(20(4)18-24)37-22(6)27(33)30(7,8)9/h13-18,21-22,27,33H,11-12H2,1-10H3,(H,32,34)/t21-,22?,27?/m1/s1. The Balaban J connectivity index is 2.38. The van der Waals surface area contributed by atoms with Crippen molar-refractivity contribution < 1.29 is 24.2 Å². The summed E-state index contributed by atoms with van der Waals surface area (Å²) in [6.45, 7) is 17.8. The van der Waals surface area contributed by atoms with Gasteiger partial charge in [-0.2, -0.15) is 0 Å². The molecule has 2 unspecified atom stereocenters. The summed E-state index contributed by atoms with van der Waals surface area (Å²) in [5.41, 5.74) is 4.21. The zero-order chi connectivity index (χ0) is 28.1. The number of amides is 1. The Morgan fingerprint density at radius 1 is 0.946 bits per heavy atom. The first-order chi connectivity index (χ1) is 17.2. The molecule has 2 aromatic rings. The normalized spacial score (nSPS) is 14.5. The number of hydrogen-bond donors (Lipinski definition) is 2. The van der Waals surface area contributed by atoms with Gasteiger partial charge in [0.15, 0.2) is 0 Å². The minimum atomic E-state index is -0.724. The van der Waals surface area contributed by atoms with Crippen molar-refractivity contribution in [2.45, 2.75) is 98.8 Å². The van der Waals surface area contributed by atoms with E-state index in [0.29, 0.717) is 5.56 Å². The van der Waals surface area contributed by atoms with Crippen molar-refractivity contribution in [2.75, 3.05) is 7.11 Å². The number of aliphatic hydroxyl groups excluding tert-OH is 1. The molecule has 0 aliphatic rings. The molecule has 6 nitrogen and oxygen atoms in total. The quantitative estimate of drug-likeness (QED) is 0.390. The van der Waals surface area contributed by atoms with E-state index in [4.69, 9.17) is 9.47 Å². The Labute approximate surface area is 222 Å². The lowest BCUT2D eigenvalue weighted by molar-refractivity contribution is -0.142. The average molecular weight is 512 g/mol. The van der Waals surface area contributed by atoms with Crippen molar-refractivity contribution in [3.63, 3.8) is 0 Å². The van der Waals surface area contributed by atoms with Crippen LogP contribution in [-0.2, 0) is 14.9 Å². The third-order valence-corrected chi connectivity index (χ3v) is 7.51. The molecule has 37 heavy (non-hydrogen) atoms. The van der Waals surface area contributed by atoms with E-state index in [-0.39, 0.29) is 22.8 Å². The van der Waals surface area contributed by atoms with Crippen LogP contribution in [0.15, 0.2) is 36.4 Å². The summed E-state index contributed by atoms with van der Waals surface area (Å²) in [4.78, 5) is 24.5. The fourth-order valence-corrected chi connectivity index (χ4v) is 5.01. The molecule has 2 rings (SSSR count). The number of hydrogen-bond acceptors (Lipinski definition) is 5. The number of ether oxygens (including phenoxy) is 2. The molecule has 0 aliphatic heterocycles. The lowest BCUT2D eigenvalue weighted by atomic mass is 9.70. The van der Waals surface area contributed by atoms with Crippen molar-refractivity contribution in [2.24, 2.45) is 5.41 Å². The van der Waals surface area contributed by atoms with Crippen molar-refractivity contribution in [1.29, 1.82) is 0 Å². The molecule has 0 spiro atoms. The first kappa shape index (κ1) is 30.4. The third-order valence-electron chi connectivity index (χ3n) is 7.51. The molecule has 0 radical (unpaired) electrons. The monoisotopic (exact) mass is 511 g/mol. The summed E-state index contributed by atoms with van der Waals surface area (Å²) in [6, 6.07) is 11.5. The first-order valence-corrected chi connectivity index (χ1v) is 13.2. The van der Waals surface area contributed by atoms with Gasteiger partial charge in [0.1, 0.15) is 17.9 Å². The van der Waals surface area contributed by atoms with Crippen LogP contribution in [0.25, 0.3) is 0 Å². The molecule has 0 saturated heterocycles. The minimum absolute atomic E-state index is 0.237. The van der Waals surface area contributed by atoms with Gasteiger partial charge in [0, 0.05) is 11.0 Å². The van der Waals surface area contributed by atoms with Crippen LogP contribution in [-0.4, -0.2) is 42.3 Å². The number of aryl methyl sites for hydroxylation is 2. The average Bonchev–Trinajstić information content (AvgIpc) is 2.84. The maximum absolute atomic E-state index is 12.8. The van der Waals surface area contributed by atoms with Crippen LogP contribution in [0.4, 0.5) is 0 Å². The SMILES string of the molecule is CCC(CC)(c1ccc(OC(C)C(O)C(C)(C)C)c(C)c1)c1ccc(C(=O)N[C@H](C)C(=O)OC)c(C)c1. The Morgan fingerprint density at radius 2 is 1.49 bits per heavy atom. The Hall–Kier alpha value is -2.86. The van der Waals surface area contributed by atoms with Crippen LogP contribution in [0.5, 0.6) is 5.75 Å². The maximum Gasteiger partial charge on any atom is 0.328 e. The molecule has 2 N–H and O–H groups in total. The molecule has 204 valence electrons. The van der Waals surface area contributed by atoms with Gasteiger partial charge in [0.2, 0.25) is 0 Å². The minimum Gasteiger partial charge on any atom is -0.488 e. The van der Waals surface area contributed by atoms with Crippen molar-refractivity contribution >= 4 is 11.9 Å². The van der Waals surface area contributed by atoms with Crippen LogP contribution >= 0.6 is 0 Å². The van der Waals surface area contributed by atoms with Crippen molar-refractivity contribution in [3.8, 4) is 5.75 Å². The number of benzene rings is 2. The van der Waals surface area contributed by atoms with E-state index in [1.807, 2.05) is 59.7 Å². The van der Waals surface area contributed by atoms with Gasteiger partial charge in [-0.15, -0.1) is 0 Å². The highest BCUT2D eigenvalue weighted by Crippen LogP contribution is 2.41. The first-order valence-electron chi connectivity index (χ1n) is 13.2. The third kappa shape index (κ3) is 6.72. The van der Waals surface area contributed by atoms with Crippen LogP contribution in [0.3, 0.4) is 0 Å². The Morgan fingerprint density at radius 3 is 1.95 bits per heavy atom. The van der Waals surface area contributed by atoms with E-state index in [9.17, 15) is 14.7 Å². The summed E-state index contributed by atoms with van der Waals surface area (Å²) in [6.07, 6.45) is 0.834. The summed E-state index contributed by atoms with van der Waals surface area (Å²) < 4.78 is 10.9. The number of methoxy groups -OCH3 is 1. The van der Waals surface area contributed by atoms with Gasteiger partial charge < -0.3 is 19.9 Å². The molecule has 0 aliphatic carbocycles. The highest BCUT2D eigenvalue weighted by Gasteiger charge is 2.33. The zero-order valence-corrected chi connectivity index (χ0v) is 24.2. The molecule has 0 fully saturated rings. The van der Waals surface area contributed by atoms with Crippen molar-refractivity contribution in [1.82, 2.24) is 5.32 Å². The second-order valence-electron chi connectivity index (χ2n) is 11.2. The molecule has 6 heteroatoms. The van der Waals surface area contributed by atoms with E-state index >= 15 is 0 Å². The number of esters is 1. The lowest BCUT2D eigenvalue weighted by Crippen LogP contribution is -2.39. The van der Waals surface area contributed by atoms with E-state index in [1.54, 1.807) is 6.92 Å². The van der Waals surface area contributed by atoms with E-state index in [0.717, 1.165) is 35.3 Å². The van der Waals surface area contributed by atoms with Crippen LogP contribution in [0, 0.1) is 19.3 Å². The van der Waals surface area contributed by atoms with Gasteiger partial charge in [-0.3, -0.25) is 4.79 Å². The molecule has 0 saturated carbocycles. The Bertz CT molecular complexity index is 1100.